The Morgan fingerprint density at radius 3 is 2.45 bits per heavy atom. The van der Waals surface area contributed by atoms with E-state index in [-0.39, 0.29) is 5.56 Å². The number of nitrogens with two attached hydrogens (primary N) is 1. The van der Waals surface area contributed by atoms with Gasteiger partial charge in [0, 0.05) is 14.5 Å². The van der Waals surface area contributed by atoms with Gasteiger partial charge < -0.3 is 0 Å². The van der Waals surface area contributed by atoms with Gasteiger partial charge in [0.1, 0.15) is 11.6 Å². The fraction of sp³-hybridized carbons (Fsp3) is 0.143. The van der Waals surface area contributed by atoms with Crippen LogP contribution in [0, 0.1) is 18.6 Å². The Kier molecular flexibility index (Phi) is 4.90. The zero-order valence-corrected chi connectivity index (χ0v) is 13.7. The highest BCUT2D eigenvalue weighted by Gasteiger charge is 2.24. The van der Waals surface area contributed by atoms with Crippen LogP contribution in [-0.2, 0) is 0 Å². The summed E-state index contributed by atoms with van der Waals surface area (Å²) in [6.45, 7) is 1.59. The van der Waals surface area contributed by atoms with Gasteiger partial charge in [-0.2, -0.15) is 0 Å². The van der Waals surface area contributed by atoms with Gasteiger partial charge in [0.05, 0.1) is 6.04 Å². The second-order valence-corrected chi connectivity index (χ2v) is 6.13. The van der Waals surface area contributed by atoms with Crippen molar-refractivity contribution in [2.45, 2.75) is 13.0 Å². The molecule has 2 aromatic carbocycles. The lowest BCUT2D eigenvalue weighted by Gasteiger charge is -2.20. The van der Waals surface area contributed by atoms with Gasteiger partial charge >= 0.3 is 0 Å². The first-order valence-corrected chi connectivity index (χ1v) is 7.40. The highest BCUT2D eigenvalue weighted by Crippen LogP contribution is 2.33. The maximum absolute atomic E-state index is 14.2. The van der Waals surface area contributed by atoms with Gasteiger partial charge in [-0.1, -0.05) is 44.0 Å². The average Bonchev–Trinajstić information content (AvgIpc) is 2.40. The highest BCUT2D eigenvalue weighted by molar-refractivity contribution is 9.11. The third kappa shape index (κ3) is 2.93. The van der Waals surface area contributed by atoms with E-state index in [1.165, 1.54) is 12.1 Å². The molecule has 0 aliphatic rings. The van der Waals surface area contributed by atoms with Crippen LogP contribution in [0.1, 0.15) is 22.7 Å². The number of nitrogens with one attached hydrogen (secondary N) is 1. The van der Waals surface area contributed by atoms with Crippen molar-refractivity contribution in [1.29, 1.82) is 0 Å². The molecule has 0 saturated carbocycles. The molecule has 0 aromatic heterocycles. The fourth-order valence-corrected chi connectivity index (χ4v) is 3.28. The first kappa shape index (κ1) is 15.6. The van der Waals surface area contributed by atoms with Gasteiger partial charge in [-0.3, -0.25) is 5.84 Å². The Morgan fingerprint density at radius 1 is 1.15 bits per heavy atom. The molecular formula is C14H12Br2F2N2. The first-order valence-electron chi connectivity index (χ1n) is 5.81. The smallest absolute Gasteiger partial charge is 0.134 e. The molecule has 0 bridgehead atoms. The van der Waals surface area contributed by atoms with Crippen molar-refractivity contribution in [2.24, 2.45) is 5.84 Å². The summed E-state index contributed by atoms with van der Waals surface area (Å²) in [4.78, 5) is 0. The van der Waals surface area contributed by atoms with E-state index in [2.05, 4.69) is 37.3 Å². The summed E-state index contributed by atoms with van der Waals surface area (Å²) in [7, 11) is 0. The van der Waals surface area contributed by atoms with Gasteiger partial charge in [0.25, 0.3) is 0 Å². The summed E-state index contributed by atoms with van der Waals surface area (Å²) in [5.74, 6) is 4.29. The summed E-state index contributed by atoms with van der Waals surface area (Å²) >= 11 is 6.72. The van der Waals surface area contributed by atoms with Crippen molar-refractivity contribution in [3.8, 4) is 0 Å². The summed E-state index contributed by atoms with van der Waals surface area (Å²) in [6, 6.07) is 7.20. The first-order chi connectivity index (χ1) is 9.45. The maximum Gasteiger partial charge on any atom is 0.134 e. The average molecular weight is 406 g/mol. The quantitative estimate of drug-likeness (QED) is 0.588. The SMILES string of the molecule is Cc1ccc(F)c(C(NN)c2ccc(Br)cc2Br)c1F. The number of halogens is 4. The van der Waals surface area contributed by atoms with Gasteiger partial charge in [-0.15, -0.1) is 0 Å². The molecule has 0 fully saturated rings. The molecule has 1 unspecified atom stereocenters. The second kappa shape index (κ2) is 6.30. The van der Waals surface area contributed by atoms with Crippen molar-refractivity contribution < 1.29 is 8.78 Å². The second-order valence-electron chi connectivity index (χ2n) is 4.36. The molecule has 0 heterocycles. The van der Waals surface area contributed by atoms with E-state index >= 15 is 0 Å². The topological polar surface area (TPSA) is 38.0 Å². The van der Waals surface area contributed by atoms with Crippen molar-refractivity contribution >= 4 is 31.9 Å². The largest absolute Gasteiger partial charge is 0.271 e. The molecule has 0 aliphatic carbocycles. The van der Waals surface area contributed by atoms with E-state index in [4.69, 9.17) is 5.84 Å². The van der Waals surface area contributed by atoms with E-state index in [1.807, 2.05) is 0 Å². The minimum absolute atomic E-state index is 0.0875. The lowest BCUT2D eigenvalue weighted by Crippen LogP contribution is -2.30. The van der Waals surface area contributed by atoms with E-state index in [9.17, 15) is 8.78 Å². The molecular weight excluding hydrogens is 394 g/mol. The van der Waals surface area contributed by atoms with Crippen molar-refractivity contribution in [3.05, 3.63) is 67.6 Å². The normalized spacial score (nSPS) is 12.5. The van der Waals surface area contributed by atoms with E-state index in [1.54, 1.807) is 25.1 Å². The number of rotatable bonds is 3. The van der Waals surface area contributed by atoms with Gasteiger partial charge in [-0.25, -0.2) is 14.2 Å². The molecule has 106 valence electrons. The molecule has 1 atom stereocenters. The predicted octanol–water partition coefficient (Wildman–Crippen LogP) is 4.35. The Morgan fingerprint density at radius 2 is 1.85 bits per heavy atom. The number of benzene rings is 2. The van der Waals surface area contributed by atoms with Crippen LogP contribution in [-0.4, -0.2) is 0 Å². The maximum atomic E-state index is 14.2. The van der Waals surface area contributed by atoms with Crippen LogP contribution in [0.15, 0.2) is 39.3 Å². The molecule has 2 aromatic rings. The lowest BCUT2D eigenvalue weighted by molar-refractivity contribution is 0.506. The van der Waals surface area contributed by atoms with Crippen molar-refractivity contribution in [1.82, 2.24) is 5.43 Å². The molecule has 6 heteroatoms. The minimum atomic E-state index is -0.780. The van der Waals surface area contributed by atoms with Crippen LogP contribution < -0.4 is 11.3 Å². The van der Waals surface area contributed by atoms with Crippen LogP contribution in [0.2, 0.25) is 0 Å². The molecule has 2 rings (SSSR count). The zero-order valence-electron chi connectivity index (χ0n) is 10.6. The summed E-state index contributed by atoms with van der Waals surface area (Å²) in [5, 5.41) is 0. The standard InChI is InChI=1S/C14H12Br2F2N2/c1-7-2-5-11(17)12(13(7)18)14(20-19)9-4-3-8(15)6-10(9)16/h2-6,14,20H,19H2,1H3. The Hall–Kier alpha value is -0.820. The van der Waals surface area contributed by atoms with Crippen LogP contribution in [0.25, 0.3) is 0 Å². The molecule has 0 amide bonds. The molecule has 0 spiro atoms. The number of hydrogen-bond donors (Lipinski definition) is 2. The van der Waals surface area contributed by atoms with Crippen molar-refractivity contribution in [2.75, 3.05) is 0 Å². The molecule has 2 nitrogen and oxygen atoms in total. The van der Waals surface area contributed by atoms with E-state index in [0.717, 1.165) is 4.47 Å². The molecule has 0 radical (unpaired) electrons. The predicted molar refractivity (Wildman–Crippen MR) is 82.1 cm³/mol. The monoisotopic (exact) mass is 404 g/mol. The molecule has 20 heavy (non-hydrogen) atoms. The third-order valence-corrected chi connectivity index (χ3v) is 4.23. The zero-order chi connectivity index (χ0) is 14.9. The summed E-state index contributed by atoms with van der Waals surface area (Å²) in [6.07, 6.45) is 0. The number of hydrazine groups is 1. The highest BCUT2D eigenvalue weighted by atomic mass is 79.9. The Labute approximate surface area is 132 Å². The fourth-order valence-electron chi connectivity index (χ4n) is 2.01. The number of aryl methyl sites for hydroxylation is 1. The van der Waals surface area contributed by atoms with E-state index < -0.39 is 17.7 Å². The number of hydrogen-bond acceptors (Lipinski definition) is 2. The van der Waals surface area contributed by atoms with Crippen LogP contribution in [0.5, 0.6) is 0 Å². The van der Waals surface area contributed by atoms with Crippen LogP contribution in [0.3, 0.4) is 0 Å². The van der Waals surface area contributed by atoms with Gasteiger partial charge in [-0.05, 0) is 36.2 Å². The van der Waals surface area contributed by atoms with Crippen molar-refractivity contribution in [3.63, 3.8) is 0 Å². The Balaban J connectivity index is 2.61. The Bertz CT molecular complexity index is 647. The van der Waals surface area contributed by atoms with Crippen LogP contribution in [0.4, 0.5) is 8.78 Å². The molecule has 3 N–H and O–H groups in total. The van der Waals surface area contributed by atoms with E-state index in [0.29, 0.717) is 15.6 Å². The third-order valence-electron chi connectivity index (χ3n) is 3.05. The summed E-state index contributed by atoms with van der Waals surface area (Å²) in [5.41, 5.74) is 3.41. The summed E-state index contributed by atoms with van der Waals surface area (Å²) < 4.78 is 29.8. The van der Waals surface area contributed by atoms with Gasteiger partial charge in [0.2, 0.25) is 0 Å². The molecule has 0 aliphatic heterocycles. The molecule has 0 saturated heterocycles. The lowest BCUT2D eigenvalue weighted by atomic mass is 9.96. The van der Waals surface area contributed by atoms with Crippen LogP contribution >= 0.6 is 31.9 Å². The minimum Gasteiger partial charge on any atom is -0.271 e. The van der Waals surface area contributed by atoms with Gasteiger partial charge in [0.15, 0.2) is 0 Å².